The quantitative estimate of drug-likeness (QED) is 0.192. The Morgan fingerprint density at radius 3 is 1.63 bits per heavy atom. The zero-order valence-electron chi connectivity index (χ0n) is 46.5. The molecular weight excluding hydrogens is 520 g/mol. The maximum Gasteiger partial charge on any atom is 0.135 e. The number of para-hydroxylation sites is 1. The Hall–Kier alpha value is -5.66. The Balaban J connectivity index is 1.57. The van der Waals surface area contributed by atoms with Crippen molar-refractivity contribution in [3.8, 4) is 33.4 Å². The SMILES string of the molecule is [2H]c1cc(-c2c([2H])c([2H])c3c([2H])c([2H])c([2H])c([2H])c3c2[2H])c([2H])c(-c2c3c([2H])c([2H])c([2H])c([2H])c3c(-c3c([2H])c([2H])c4oc5c([2H])c([2H])c([2H])c([2H])c5c4c3[2H])c3c([2H])c([2H])c([2H])c([2H])c23)c1[2H]. The minimum atomic E-state index is -0.953. The van der Waals surface area contributed by atoms with E-state index in [0.29, 0.717) is 0 Å². The average Bonchev–Trinajstić information content (AvgIpc) is 3.72. The second-order valence-electron chi connectivity index (χ2n) is 9.34. The fraction of sp³-hybridized carbons (Fsp3) is 0. The van der Waals surface area contributed by atoms with Gasteiger partial charge in [0.25, 0.3) is 0 Å². The molecule has 1 aromatic heterocycles. The van der Waals surface area contributed by atoms with E-state index in [-0.39, 0.29) is 0 Å². The van der Waals surface area contributed by atoms with Gasteiger partial charge in [0.2, 0.25) is 0 Å². The van der Waals surface area contributed by atoms with Gasteiger partial charge in [0, 0.05) is 10.8 Å². The fourth-order valence-electron chi connectivity index (χ4n) is 5.11. The normalized spacial score (nSPS) is 19.9. The maximum absolute atomic E-state index is 9.70. The first-order valence-corrected chi connectivity index (χ1v) is 12.7. The second kappa shape index (κ2) is 9.44. The van der Waals surface area contributed by atoms with Crippen LogP contribution in [0.5, 0.6) is 0 Å². The highest BCUT2D eigenvalue weighted by Crippen LogP contribution is 2.45. The largest absolute Gasteiger partial charge is 0.456 e. The van der Waals surface area contributed by atoms with E-state index in [1.54, 1.807) is 0 Å². The summed E-state index contributed by atoms with van der Waals surface area (Å²) in [7, 11) is 0. The van der Waals surface area contributed by atoms with Crippen molar-refractivity contribution < 1.29 is 38.7 Å². The average molecular weight is 572 g/mol. The van der Waals surface area contributed by atoms with Crippen molar-refractivity contribution in [2.75, 3.05) is 0 Å². The van der Waals surface area contributed by atoms with Crippen LogP contribution in [-0.4, -0.2) is 0 Å². The van der Waals surface area contributed by atoms with Crippen LogP contribution >= 0.6 is 0 Å². The van der Waals surface area contributed by atoms with Crippen LogP contribution in [0.4, 0.5) is 0 Å². The summed E-state index contributed by atoms with van der Waals surface area (Å²) in [4.78, 5) is 0. The smallest absolute Gasteiger partial charge is 0.135 e. The lowest BCUT2D eigenvalue weighted by Gasteiger charge is -2.18. The molecule has 0 radical (unpaired) electrons. The molecule has 0 spiro atoms. The van der Waals surface area contributed by atoms with E-state index in [1.807, 2.05) is 0 Å². The molecule has 9 aromatic rings. The van der Waals surface area contributed by atoms with Gasteiger partial charge in [-0.15, -0.1) is 0 Å². The molecule has 0 aliphatic heterocycles. The van der Waals surface area contributed by atoms with Crippen LogP contribution in [0.3, 0.4) is 0 Å². The van der Waals surface area contributed by atoms with E-state index in [4.69, 9.17) is 26.3 Å². The molecule has 43 heavy (non-hydrogen) atoms. The minimum absolute atomic E-state index is 0.403. The number of hydrogen-bond acceptors (Lipinski definition) is 1. The molecular formula is C42H26O. The first-order valence-electron chi connectivity index (χ1n) is 25.2. The van der Waals surface area contributed by atoms with E-state index >= 15 is 0 Å². The van der Waals surface area contributed by atoms with Crippen LogP contribution < -0.4 is 0 Å². The molecule has 0 amide bonds. The third kappa shape index (κ3) is 3.79. The lowest BCUT2D eigenvalue weighted by molar-refractivity contribution is 0.669. The van der Waals surface area contributed by atoms with Crippen molar-refractivity contribution in [2.24, 2.45) is 0 Å². The number of benzene rings is 8. The molecule has 0 fully saturated rings. The molecule has 0 unspecified atom stereocenters. The summed E-state index contributed by atoms with van der Waals surface area (Å²) in [5.41, 5.74) is -5.01. The second-order valence-corrected chi connectivity index (χ2v) is 9.34. The summed E-state index contributed by atoms with van der Waals surface area (Å²) in [5, 5.41) is -4.59. The van der Waals surface area contributed by atoms with Crippen LogP contribution in [0, 0.1) is 0 Å². The van der Waals surface area contributed by atoms with Gasteiger partial charge in [-0.3, -0.25) is 0 Å². The standard InChI is InChI=1S/C42H26O/c1-2-11-28-24-30(21-20-27(28)10-1)29-12-9-13-31(25-29)41-34-15-3-5-17-36(34)42(37-18-6-4-16-35(37)41)32-22-23-40-38(26-32)33-14-7-8-19-39(33)43-40/h1-26H/i1D,2D,3D,4D,5D,6D,7D,8D,9D,10D,11D,13D,14D,15D,16D,17D,18D,19D,20D,21D,22D,23D,24D,25D,26D. The Kier molecular flexibility index (Phi) is 2.19. The van der Waals surface area contributed by atoms with Gasteiger partial charge in [-0.2, -0.15) is 0 Å². The summed E-state index contributed by atoms with van der Waals surface area (Å²) in [5.74, 6) is 0. The lowest BCUT2D eigenvalue weighted by Crippen LogP contribution is -1.91. The van der Waals surface area contributed by atoms with Gasteiger partial charge < -0.3 is 4.42 Å². The van der Waals surface area contributed by atoms with Crippen molar-refractivity contribution in [3.63, 3.8) is 0 Å². The van der Waals surface area contributed by atoms with Crippen LogP contribution in [0.25, 0.3) is 87.6 Å². The van der Waals surface area contributed by atoms with Gasteiger partial charge in [-0.05, 0) is 95.9 Å². The molecule has 1 nitrogen and oxygen atoms in total. The first-order chi connectivity index (χ1) is 31.7. The van der Waals surface area contributed by atoms with E-state index in [9.17, 15) is 12.3 Å². The zero-order valence-corrected chi connectivity index (χ0v) is 21.5. The first kappa shape index (κ1) is 9.97. The van der Waals surface area contributed by atoms with E-state index < -0.39 is 239 Å². The van der Waals surface area contributed by atoms with Crippen molar-refractivity contribution in [1.29, 1.82) is 0 Å². The highest BCUT2D eigenvalue weighted by atomic mass is 16.3. The highest BCUT2D eigenvalue weighted by Gasteiger charge is 2.18. The molecule has 0 bridgehead atoms. The van der Waals surface area contributed by atoms with Gasteiger partial charge in [0.1, 0.15) is 11.2 Å². The molecule has 0 aliphatic carbocycles. The molecule has 0 aliphatic rings. The lowest BCUT2D eigenvalue weighted by atomic mass is 9.85. The van der Waals surface area contributed by atoms with Crippen LogP contribution in [0.2, 0.25) is 0 Å². The van der Waals surface area contributed by atoms with Gasteiger partial charge in [-0.1, -0.05) is 127 Å². The summed E-state index contributed by atoms with van der Waals surface area (Å²) in [6.07, 6.45) is 0. The molecule has 0 saturated carbocycles. The van der Waals surface area contributed by atoms with Crippen molar-refractivity contribution >= 4 is 54.3 Å². The Bertz CT molecular complexity index is 3830. The number of hydrogen-bond donors (Lipinski definition) is 0. The third-order valence-electron chi connectivity index (χ3n) is 6.95. The van der Waals surface area contributed by atoms with Crippen LogP contribution in [0.15, 0.2) is 162 Å². The Labute approximate surface area is 284 Å². The molecule has 0 saturated heterocycles. The van der Waals surface area contributed by atoms with Crippen molar-refractivity contribution in [3.05, 3.63) is 157 Å². The monoisotopic (exact) mass is 571 g/mol. The highest BCUT2D eigenvalue weighted by molar-refractivity contribution is 6.22. The van der Waals surface area contributed by atoms with Gasteiger partial charge in [0.05, 0.1) is 34.3 Å². The molecule has 8 aromatic carbocycles. The third-order valence-corrected chi connectivity index (χ3v) is 6.95. The van der Waals surface area contributed by atoms with Crippen LogP contribution in [0.1, 0.15) is 34.3 Å². The summed E-state index contributed by atoms with van der Waals surface area (Å²) in [6, 6.07) is -20.2. The van der Waals surface area contributed by atoms with Gasteiger partial charge >= 0.3 is 0 Å². The summed E-state index contributed by atoms with van der Waals surface area (Å²) >= 11 is 0. The van der Waals surface area contributed by atoms with E-state index in [2.05, 4.69) is 0 Å². The van der Waals surface area contributed by atoms with Crippen LogP contribution in [-0.2, 0) is 0 Å². The summed E-state index contributed by atoms with van der Waals surface area (Å²) in [6.45, 7) is 0. The maximum atomic E-state index is 9.70. The molecule has 0 atom stereocenters. The van der Waals surface area contributed by atoms with Crippen molar-refractivity contribution in [1.82, 2.24) is 0 Å². The minimum Gasteiger partial charge on any atom is -0.456 e. The summed E-state index contributed by atoms with van der Waals surface area (Å²) < 4.78 is 229. The zero-order chi connectivity index (χ0) is 50.1. The number of rotatable bonds is 3. The van der Waals surface area contributed by atoms with E-state index in [1.165, 1.54) is 0 Å². The van der Waals surface area contributed by atoms with Crippen molar-refractivity contribution in [2.45, 2.75) is 0 Å². The number of fused-ring (bicyclic) bond motifs is 6. The van der Waals surface area contributed by atoms with E-state index in [0.717, 1.165) is 6.07 Å². The molecule has 1 heterocycles. The Morgan fingerprint density at radius 2 is 0.907 bits per heavy atom. The molecule has 9 rings (SSSR count). The topological polar surface area (TPSA) is 13.1 Å². The molecule has 1 heteroatoms. The Morgan fingerprint density at radius 1 is 0.349 bits per heavy atom. The van der Waals surface area contributed by atoms with Gasteiger partial charge in [-0.25, -0.2) is 0 Å². The predicted molar refractivity (Wildman–Crippen MR) is 183 cm³/mol. The predicted octanol–water partition coefficient (Wildman–Crippen LogP) is 12.0. The fourth-order valence-corrected chi connectivity index (χ4v) is 5.11. The number of furan rings is 1. The molecule has 0 N–H and O–H groups in total. The van der Waals surface area contributed by atoms with Gasteiger partial charge in [0.15, 0.2) is 0 Å². The molecule has 200 valence electrons.